The van der Waals surface area contributed by atoms with Gasteiger partial charge in [-0.15, -0.1) is 0 Å². The molecule has 0 bridgehead atoms. The number of carbonyl (C=O) groups is 2. The number of hydrogen-bond donors (Lipinski definition) is 3. The van der Waals surface area contributed by atoms with E-state index in [1.54, 1.807) is 48.5 Å². The van der Waals surface area contributed by atoms with Crippen molar-refractivity contribution in [3.05, 3.63) is 107 Å². The van der Waals surface area contributed by atoms with Gasteiger partial charge in [0.05, 0.1) is 42.5 Å². The van der Waals surface area contributed by atoms with Gasteiger partial charge in [-0.25, -0.2) is 0 Å². The van der Waals surface area contributed by atoms with Crippen LogP contribution in [-0.4, -0.2) is 28.4 Å². The van der Waals surface area contributed by atoms with Crippen LogP contribution in [0, 0.1) is 11.3 Å². The molecule has 33 heavy (non-hydrogen) atoms. The number of para-hydroxylation sites is 1. The summed E-state index contributed by atoms with van der Waals surface area (Å²) in [5.74, 6) is -0.121. The van der Waals surface area contributed by atoms with E-state index in [2.05, 4.69) is 10.6 Å². The summed E-state index contributed by atoms with van der Waals surface area (Å²) in [7, 11) is 0. The van der Waals surface area contributed by atoms with Crippen LogP contribution in [0.5, 0.6) is 0 Å². The predicted octanol–water partition coefficient (Wildman–Crippen LogP) is 3.83. The molecule has 2 amide bonds. The van der Waals surface area contributed by atoms with Gasteiger partial charge in [0.25, 0.3) is 5.91 Å². The number of benzene rings is 3. The number of aliphatic hydroxyl groups excluding tert-OH is 1. The van der Waals surface area contributed by atoms with Crippen LogP contribution in [0.3, 0.4) is 0 Å². The van der Waals surface area contributed by atoms with Gasteiger partial charge in [-0.05, 0) is 35.4 Å². The van der Waals surface area contributed by atoms with Crippen LogP contribution in [0.2, 0.25) is 0 Å². The summed E-state index contributed by atoms with van der Waals surface area (Å²) in [6, 6.07) is 25.2. The van der Waals surface area contributed by atoms with Crippen molar-refractivity contribution in [1.82, 2.24) is 4.90 Å². The highest BCUT2D eigenvalue weighted by molar-refractivity contribution is 6.03. The first-order chi connectivity index (χ1) is 16.0. The number of rotatable bonds is 6. The van der Waals surface area contributed by atoms with Crippen LogP contribution in [0.15, 0.2) is 90.8 Å². The molecule has 7 nitrogen and oxygen atoms in total. The fraction of sp³-hybridized carbons (Fsp3) is 0.115. The standard InChI is InChI=1S/C26H22N4O3/c27-15-14-24-29-22-9-5-4-8-21(22)26(33)30(24)17-23(31)19-10-12-20(13-11-19)28-25(32)16-18-6-2-1-3-7-18/h1-14,23,29,31H,16-17H2,(H,28,32)/b24-14+. The first-order valence-corrected chi connectivity index (χ1v) is 10.4. The van der Waals surface area contributed by atoms with Gasteiger partial charge in [0.1, 0.15) is 5.82 Å². The van der Waals surface area contributed by atoms with Gasteiger partial charge < -0.3 is 15.7 Å². The van der Waals surface area contributed by atoms with E-state index in [1.807, 2.05) is 36.4 Å². The molecular weight excluding hydrogens is 416 g/mol. The molecule has 0 saturated heterocycles. The third-order valence-corrected chi connectivity index (χ3v) is 5.30. The highest BCUT2D eigenvalue weighted by atomic mass is 16.3. The number of carbonyl (C=O) groups excluding carboxylic acids is 2. The average Bonchev–Trinajstić information content (AvgIpc) is 2.82. The summed E-state index contributed by atoms with van der Waals surface area (Å²) in [5.41, 5.74) is 3.20. The lowest BCUT2D eigenvalue weighted by Crippen LogP contribution is -2.40. The maximum atomic E-state index is 13.0. The lowest BCUT2D eigenvalue weighted by molar-refractivity contribution is -0.115. The van der Waals surface area contributed by atoms with Gasteiger partial charge in [0.15, 0.2) is 0 Å². The average molecular weight is 438 g/mol. The second-order valence-corrected chi connectivity index (χ2v) is 7.59. The summed E-state index contributed by atoms with van der Waals surface area (Å²) in [4.78, 5) is 26.6. The molecule has 1 unspecified atom stereocenters. The minimum absolute atomic E-state index is 0.0343. The second kappa shape index (κ2) is 9.81. The van der Waals surface area contributed by atoms with Crippen LogP contribution in [-0.2, 0) is 11.2 Å². The maximum Gasteiger partial charge on any atom is 0.261 e. The Hall–Kier alpha value is -4.41. The van der Waals surface area contributed by atoms with Crippen molar-refractivity contribution < 1.29 is 14.7 Å². The van der Waals surface area contributed by atoms with Crippen molar-refractivity contribution in [2.45, 2.75) is 12.5 Å². The normalized spacial score (nSPS) is 14.7. The van der Waals surface area contributed by atoms with E-state index in [1.165, 1.54) is 11.0 Å². The Morgan fingerprint density at radius 1 is 1.06 bits per heavy atom. The number of β-amino-alcohol motifs (C(OH)–C–C–N with tert-alkyl or cyclic N) is 1. The minimum atomic E-state index is -0.989. The molecule has 0 aliphatic carbocycles. The van der Waals surface area contributed by atoms with E-state index < -0.39 is 6.10 Å². The molecule has 1 aliphatic rings. The Morgan fingerprint density at radius 2 is 1.76 bits per heavy atom. The molecule has 0 fully saturated rings. The van der Waals surface area contributed by atoms with Gasteiger partial charge in [0, 0.05) is 5.69 Å². The Labute approximate surface area is 191 Å². The molecular formula is C26H22N4O3. The summed E-state index contributed by atoms with van der Waals surface area (Å²) in [5, 5.41) is 25.8. The van der Waals surface area contributed by atoms with E-state index >= 15 is 0 Å². The fourth-order valence-electron chi connectivity index (χ4n) is 3.65. The molecule has 0 spiro atoms. The van der Waals surface area contributed by atoms with Gasteiger partial charge >= 0.3 is 0 Å². The van der Waals surface area contributed by atoms with Crippen LogP contribution >= 0.6 is 0 Å². The van der Waals surface area contributed by atoms with Crippen molar-refractivity contribution in [3.8, 4) is 6.07 Å². The Morgan fingerprint density at radius 3 is 2.48 bits per heavy atom. The molecule has 0 radical (unpaired) electrons. The number of nitrogens with one attached hydrogen (secondary N) is 2. The first kappa shape index (κ1) is 21.8. The number of fused-ring (bicyclic) bond motifs is 1. The number of allylic oxidation sites excluding steroid dienone is 1. The maximum absolute atomic E-state index is 13.0. The third-order valence-electron chi connectivity index (χ3n) is 5.30. The molecule has 164 valence electrons. The second-order valence-electron chi connectivity index (χ2n) is 7.59. The van der Waals surface area contributed by atoms with Crippen molar-refractivity contribution in [2.24, 2.45) is 0 Å². The van der Waals surface area contributed by atoms with Gasteiger partial charge in [-0.1, -0.05) is 54.6 Å². The summed E-state index contributed by atoms with van der Waals surface area (Å²) >= 11 is 0. The number of nitriles is 1. The SMILES string of the molecule is N#C/C=C1\Nc2ccccc2C(=O)N1CC(O)c1ccc(NC(=O)Cc2ccccc2)cc1. The first-order valence-electron chi connectivity index (χ1n) is 10.4. The quantitative estimate of drug-likeness (QED) is 0.507. The highest BCUT2D eigenvalue weighted by Gasteiger charge is 2.29. The highest BCUT2D eigenvalue weighted by Crippen LogP contribution is 2.29. The zero-order chi connectivity index (χ0) is 23.2. The number of anilines is 2. The monoisotopic (exact) mass is 438 g/mol. The zero-order valence-corrected chi connectivity index (χ0v) is 17.7. The largest absolute Gasteiger partial charge is 0.387 e. The van der Waals surface area contributed by atoms with E-state index in [9.17, 15) is 14.7 Å². The number of aliphatic hydroxyl groups is 1. The van der Waals surface area contributed by atoms with Crippen LogP contribution < -0.4 is 10.6 Å². The molecule has 0 aromatic heterocycles. The van der Waals surface area contributed by atoms with Crippen molar-refractivity contribution in [2.75, 3.05) is 17.2 Å². The zero-order valence-electron chi connectivity index (χ0n) is 17.7. The predicted molar refractivity (Wildman–Crippen MR) is 125 cm³/mol. The topological polar surface area (TPSA) is 105 Å². The molecule has 3 aromatic carbocycles. The summed E-state index contributed by atoms with van der Waals surface area (Å²) in [6.45, 7) is -0.0343. The molecule has 1 atom stereocenters. The number of nitrogens with zero attached hydrogens (tertiary/aromatic N) is 2. The molecule has 0 saturated carbocycles. The van der Waals surface area contributed by atoms with Crippen LogP contribution in [0.1, 0.15) is 27.6 Å². The fourth-order valence-corrected chi connectivity index (χ4v) is 3.65. The Bertz CT molecular complexity index is 1230. The molecule has 1 aliphatic heterocycles. The van der Waals surface area contributed by atoms with E-state index in [-0.39, 0.29) is 24.8 Å². The Kier molecular flexibility index (Phi) is 6.48. The van der Waals surface area contributed by atoms with Crippen molar-refractivity contribution in [3.63, 3.8) is 0 Å². The van der Waals surface area contributed by atoms with E-state index in [4.69, 9.17) is 5.26 Å². The smallest absolute Gasteiger partial charge is 0.261 e. The van der Waals surface area contributed by atoms with Gasteiger partial charge in [0.2, 0.25) is 5.91 Å². The lowest BCUT2D eigenvalue weighted by atomic mass is 10.1. The Balaban J connectivity index is 1.43. The lowest BCUT2D eigenvalue weighted by Gasteiger charge is -2.33. The third kappa shape index (κ3) is 5.09. The number of amides is 2. The van der Waals surface area contributed by atoms with Crippen LogP contribution in [0.4, 0.5) is 11.4 Å². The molecule has 4 rings (SSSR count). The number of hydrogen-bond acceptors (Lipinski definition) is 5. The molecule has 7 heteroatoms. The van der Waals surface area contributed by atoms with E-state index in [0.717, 1.165) is 5.56 Å². The van der Waals surface area contributed by atoms with E-state index in [0.29, 0.717) is 28.3 Å². The molecule has 3 N–H and O–H groups in total. The molecule has 3 aromatic rings. The van der Waals surface area contributed by atoms with Crippen molar-refractivity contribution >= 4 is 23.2 Å². The van der Waals surface area contributed by atoms with Crippen LogP contribution in [0.25, 0.3) is 0 Å². The summed E-state index contributed by atoms with van der Waals surface area (Å²) in [6.07, 6.45) is 0.522. The van der Waals surface area contributed by atoms with Gasteiger partial charge in [-0.2, -0.15) is 5.26 Å². The summed E-state index contributed by atoms with van der Waals surface area (Å²) < 4.78 is 0. The van der Waals surface area contributed by atoms with Gasteiger partial charge in [-0.3, -0.25) is 14.5 Å². The molecule has 1 heterocycles. The van der Waals surface area contributed by atoms with Crippen molar-refractivity contribution in [1.29, 1.82) is 5.26 Å². The minimum Gasteiger partial charge on any atom is -0.387 e.